The molecule has 2 nitrogen and oxygen atoms in total. The van der Waals surface area contributed by atoms with Crippen LogP contribution in [0.5, 0.6) is 0 Å². The number of aliphatic hydroxyl groups excluding tert-OH is 1. The van der Waals surface area contributed by atoms with Crippen LogP contribution in [0.25, 0.3) is 0 Å². The van der Waals surface area contributed by atoms with E-state index in [4.69, 9.17) is 0 Å². The van der Waals surface area contributed by atoms with Gasteiger partial charge >= 0.3 is 0 Å². The van der Waals surface area contributed by atoms with Crippen molar-refractivity contribution in [1.29, 1.82) is 0 Å². The first kappa shape index (κ1) is 9.20. The molecule has 1 N–H and O–H groups in total. The normalized spacial score (nSPS) is 41.0. The lowest BCUT2D eigenvalue weighted by molar-refractivity contribution is -0.129. The van der Waals surface area contributed by atoms with Crippen LogP contribution in [-0.4, -0.2) is 17.0 Å². The third-order valence-electron chi connectivity index (χ3n) is 3.60. The van der Waals surface area contributed by atoms with Crippen LogP contribution in [0.1, 0.15) is 44.9 Å². The van der Waals surface area contributed by atoms with Crippen molar-refractivity contribution in [3.63, 3.8) is 0 Å². The maximum absolute atomic E-state index is 11.9. The van der Waals surface area contributed by atoms with E-state index in [2.05, 4.69) is 0 Å². The van der Waals surface area contributed by atoms with Gasteiger partial charge in [-0.2, -0.15) is 0 Å². The SMILES string of the molecule is O=C1[C@H]2CCCC[C@@H]1[C@H](O)CCC2. The van der Waals surface area contributed by atoms with Crippen LogP contribution >= 0.6 is 0 Å². The van der Waals surface area contributed by atoms with Gasteiger partial charge in [-0.3, -0.25) is 4.79 Å². The molecule has 2 heteroatoms. The number of hydrogen-bond donors (Lipinski definition) is 1. The van der Waals surface area contributed by atoms with E-state index in [-0.39, 0.29) is 17.9 Å². The summed E-state index contributed by atoms with van der Waals surface area (Å²) in [6, 6.07) is 0. The van der Waals surface area contributed by atoms with Gasteiger partial charge in [0.05, 0.1) is 6.10 Å². The summed E-state index contributed by atoms with van der Waals surface area (Å²) in [5.74, 6) is 0.627. The summed E-state index contributed by atoms with van der Waals surface area (Å²) < 4.78 is 0. The lowest BCUT2D eigenvalue weighted by Gasteiger charge is -2.18. The first-order valence-electron chi connectivity index (χ1n) is 5.51. The molecule has 0 amide bonds. The maximum Gasteiger partial charge on any atom is 0.141 e. The molecule has 0 unspecified atom stereocenters. The van der Waals surface area contributed by atoms with E-state index < -0.39 is 0 Å². The minimum atomic E-state index is -0.337. The Morgan fingerprint density at radius 3 is 2.54 bits per heavy atom. The van der Waals surface area contributed by atoms with Crippen LogP contribution in [0.3, 0.4) is 0 Å². The van der Waals surface area contributed by atoms with Gasteiger partial charge < -0.3 is 5.11 Å². The molecule has 2 saturated carbocycles. The van der Waals surface area contributed by atoms with Crippen LogP contribution in [0.2, 0.25) is 0 Å². The molecular weight excluding hydrogens is 164 g/mol. The predicted octanol–water partition coefficient (Wildman–Crippen LogP) is 1.91. The Balaban J connectivity index is 2.18. The topological polar surface area (TPSA) is 37.3 Å². The van der Waals surface area contributed by atoms with Crippen LogP contribution in [0, 0.1) is 11.8 Å². The molecule has 2 aliphatic rings. The third kappa shape index (κ3) is 1.78. The Morgan fingerprint density at radius 1 is 1.00 bits per heavy atom. The van der Waals surface area contributed by atoms with Gasteiger partial charge in [0, 0.05) is 11.8 Å². The standard InChI is InChI=1S/C11H18O2/c12-10-7-3-5-8-4-1-2-6-9(10)11(8)13/h8-10,12H,1-7H2/t8-,9+,10+/m0/s1. The average Bonchev–Trinajstić information content (AvgIpc) is 2.36. The van der Waals surface area contributed by atoms with E-state index in [1.165, 1.54) is 6.42 Å². The summed E-state index contributed by atoms with van der Waals surface area (Å²) in [6.45, 7) is 0. The zero-order valence-corrected chi connectivity index (χ0v) is 8.04. The van der Waals surface area contributed by atoms with E-state index in [1.807, 2.05) is 0 Å². The van der Waals surface area contributed by atoms with Gasteiger partial charge in [-0.15, -0.1) is 0 Å². The molecule has 0 aromatic rings. The van der Waals surface area contributed by atoms with Crippen molar-refractivity contribution in [2.24, 2.45) is 11.8 Å². The van der Waals surface area contributed by atoms with Gasteiger partial charge in [-0.25, -0.2) is 0 Å². The van der Waals surface area contributed by atoms with E-state index in [1.54, 1.807) is 0 Å². The van der Waals surface area contributed by atoms with Gasteiger partial charge in [-0.1, -0.05) is 19.3 Å². The zero-order chi connectivity index (χ0) is 9.26. The van der Waals surface area contributed by atoms with Crippen LogP contribution in [-0.2, 0) is 4.79 Å². The molecule has 2 bridgehead atoms. The lowest BCUT2D eigenvalue weighted by Crippen LogP contribution is -2.28. The molecule has 74 valence electrons. The highest BCUT2D eigenvalue weighted by atomic mass is 16.3. The number of carbonyl (C=O) groups excluding carboxylic acids is 1. The van der Waals surface area contributed by atoms with Gasteiger partial charge in [0.25, 0.3) is 0 Å². The monoisotopic (exact) mass is 182 g/mol. The Bertz CT molecular complexity index is 200. The molecule has 0 aliphatic heterocycles. The van der Waals surface area contributed by atoms with Crippen molar-refractivity contribution < 1.29 is 9.90 Å². The molecule has 0 saturated heterocycles. The second-order valence-electron chi connectivity index (χ2n) is 4.49. The number of rotatable bonds is 0. The van der Waals surface area contributed by atoms with Gasteiger partial charge in [-0.05, 0) is 25.7 Å². The highest BCUT2D eigenvalue weighted by Crippen LogP contribution is 2.34. The lowest BCUT2D eigenvalue weighted by atomic mass is 9.89. The molecule has 0 radical (unpaired) electrons. The Hall–Kier alpha value is -0.370. The summed E-state index contributed by atoms with van der Waals surface area (Å²) in [6.07, 6.45) is 6.87. The minimum Gasteiger partial charge on any atom is -0.392 e. The number of aliphatic hydroxyl groups is 1. The molecule has 2 aliphatic carbocycles. The first-order chi connectivity index (χ1) is 6.29. The predicted molar refractivity (Wildman–Crippen MR) is 50.3 cm³/mol. The molecular formula is C11H18O2. The fraction of sp³-hybridized carbons (Fsp3) is 0.909. The molecule has 2 fully saturated rings. The van der Waals surface area contributed by atoms with Crippen molar-refractivity contribution >= 4 is 5.78 Å². The summed E-state index contributed by atoms with van der Waals surface area (Å²) in [5, 5.41) is 9.78. The average molecular weight is 182 g/mol. The van der Waals surface area contributed by atoms with Crippen molar-refractivity contribution in [3.05, 3.63) is 0 Å². The second kappa shape index (κ2) is 3.79. The smallest absolute Gasteiger partial charge is 0.141 e. The molecule has 0 spiro atoms. The Morgan fingerprint density at radius 2 is 1.69 bits per heavy atom. The van der Waals surface area contributed by atoms with Crippen molar-refractivity contribution in [1.82, 2.24) is 0 Å². The zero-order valence-electron chi connectivity index (χ0n) is 8.04. The molecule has 0 heterocycles. The minimum absolute atomic E-state index is 0.0185. The van der Waals surface area contributed by atoms with Gasteiger partial charge in [0.1, 0.15) is 5.78 Å². The summed E-state index contributed by atoms with van der Waals surface area (Å²) in [7, 11) is 0. The molecule has 3 atom stereocenters. The summed E-state index contributed by atoms with van der Waals surface area (Å²) in [4.78, 5) is 11.9. The summed E-state index contributed by atoms with van der Waals surface area (Å²) in [5.41, 5.74) is 0. The van der Waals surface area contributed by atoms with Crippen LogP contribution < -0.4 is 0 Å². The maximum atomic E-state index is 11.9. The Kier molecular flexibility index (Phi) is 2.68. The summed E-state index contributed by atoms with van der Waals surface area (Å²) >= 11 is 0. The molecule has 2 rings (SSSR count). The number of carbonyl (C=O) groups is 1. The Labute approximate surface area is 79.3 Å². The van der Waals surface area contributed by atoms with E-state index in [0.717, 1.165) is 38.5 Å². The van der Waals surface area contributed by atoms with E-state index >= 15 is 0 Å². The van der Waals surface area contributed by atoms with Crippen LogP contribution in [0.4, 0.5) is 0 Å². The number of fused-ring (bicyclic) bond motifs is 2. The number of hydrogen-bond acceptors (Lipinski definition) is 2. The fourth-order valence-electron chi connectivity index (χ4n) is 2.79. The van der Waals surface area contributed by atoms with Crippen LogP contribution in [0.15, 0.2) is 0 Å². The quantitative estimate of drug-likeness (QED) is 0.621. The molecule has 0 aromatic carbocycles. The van der Waals surface area contributed by atoms with Crippen molar-refractivity contribution in [2.75, 3.05) is 0 Å². The first-order valence-corrected chi connectivity index (χ1v) is 5.51. The largest absolute Gasteiger partial charge is 0.392 e. The van der Waals surface area contributed by atoms with Crippen molar-refractivity contribution in [2.45, 2.75) is 51.0 Å². The molecule has 0 aromatic heterocycles. The highest BCUT2D eigenvalue weighted by molar-refractivity contribution is 5.84. The third-order valence-corrected chi connectivity index (χ3v) is 3.60. The van der Waals surface area contributed by atoms with E-state index in [0.29, 0.717) is 5.78 Å². The molecule has 13 heavy (non-hydrogen) atoms. The number of Topliss-reactive ketones (excluding diaryl/α,β-unsaturated/α-hetero) is 1. The van der Waals surface area contributed by atoms with Crippen molar-refractivity contribution in [3.8, 4) is 0 Å². The second-order valence-corrected chi connectivity index (χ2v) is 4.49. The van der Waals surface area contributed by atoms with Gasteiger partial charge in [0.15, 0.2) is 0 Å². The van der Waals surface area contributed by atoms with E-state index in [9.17, 15) is 9.90 Å². The highest BCUT2D eigenvalue weighted by Gasteiger charge is 2.35. The van der Waals surface area contributed by atoms with Gasteiger partial charge in [0.2, 0.25) is 0 Å². The fourth-order valence-corrected chi connectivity index (χ4v) is 2.79. The number of ketones is 1.